The molecule has 0 aliphatic heterocycles. The van der Waals surface area contributed by atoms with Crippen LogP contribution in [0.4, 0.5) is 0 Å². The SMILES string of the molecule is C=C(C)[C@@H]1CC=C(C)C[C@@H]1O. The molecule has 0 aromatic heterocycles. The van der Waals surface area contributed by atoms with Crippen LogP contribution in [0.3, 0.4) is 0 Å². The Kier molecular flexibility index (Phi) is 2.50. The van der Waals surface area contributed by atoms with Gasteiger partial charge in [0.1, 0.15) is 0 Å². The largest absolute Gasteiger partial charge is 0.392 e. The third kappa shape index (κ3) is 1.93. The number of aliphatic hydroxyl groups excluding tert-OH is 1. The van der Waals surface area contributed by atoms with Gasteiger partial charge >= 0.3 is 0 Å². The first-order valence-electron chi connectivity index (χ1n) is 4.10. The van der Waals surface area contributed by atoms with Gasteiger partial charge in [-0.15, -0.1) is 0 Å². The number of allylic oxidation sites excluding steroid dienone is 1. The zero-order chi connectivity index (χ0) is 8.43. The Bertz CT molecular complexity index is 191. The molecule has 2 atom stereocenters. The number of rotatable bonds is 1. The van der Waals surface area contributed by atoms with Crippen molar-refractivity contribution in [2.45, 2.75) is 32.8 Å². The van der Waals surface area contributed by atoms with Crippen LogP contribution in [0.25, 0.3) is 0 Å². The van der Waals surface area contributed by atoms with Crippen LogP contribution in [0.5, 0.6) is 0 Å². The molecule has 1 nitrogen and oxygen atoms in total. The molecule has 0 saturated heterocycles. The molecule has 0 heterocycles. The maximum atomic E-state index is 9.61. The fourth-order valence-electron chi connectivity index (χ4n) is 1.57. The van der Waals surface area contributed by atoms with Crippen molar-refractivity contribution in [1.29, 1.82) is 0 Å². The quantitative estimate of drug-likeness (QED) is 0.571. The van der Waals surface area contributed by atoms with E-state index in [9.17, 15) is 5.11 Å². The van der Waals surface area contributed by atoms with Crippen LogP contribution in [0, 0.1) is 5.92 Å². The third-order valence-electron chi connectivity index (χ3n) is 2.35. The van der Waals surface area contributed by atoms with Crippen molar-refractivity contribution in [3.05, 3.63) is 23.8 Å². The van der Waals surface area contributed by atoms with E-state index in [1.807, 2.05) is 6.92 Å². The molecular formula is C10H16O. The standard InChI is InChI=1S/C10H16O/c1-7(2)9-5-4-8(3)6-10(9)11/h4,9-11H,1,5-6H2,2-3H3/t9-,10-/m0/s1. The summed E-state index contributed by atoms with van der Waals surface area (Å²) in [6.45, 7) is 7.92. The molecule has 62 valence electrons. The predicted molar refractivity (Wildman–Crippen MR) is 47.3 cm³/mol. The molecule has 1 aliphatic carbocycles. The lowest BCUT2D eigenvalue weighted by Crippen LogP contribution is -2.24. The summed E-state index contributed by atoms with van der Waals surface area (Å²) in [4.78, 5) is 0. The Morgan fingerprint density at radius 2 is 2.36 bits per heavy atom. The number of aliphatic hydroxyl groups is 1. The van der Waals surface area contributed by atoms with Crippen molar-refractivity contribution in [3.8, 4) is 0 Å². The second kappa shape index (κ2) is 3.22. The minimum Gasteiger partial charge on any atom is -0.392 e. The minimum atomic E-state index is -0.197. The summed E-state index contributed by atoms with van der Waals surface area (Å²) < 4.78 is 0. The molecule has 1 rings (SSSR count). The molecule has 0 aromatic carbocycles. The summed E-state index contributed by atoms with van der Waals surface area (Å²) in [6.07, 6.45) is 3.78. The van der Waals surface area contributed by atoms with Crippen molar-refractivity contribution >= 4 is 0 Å². The van der Waals surface area contributed by atoms with Crippen LogP contribution >= 0.6 is 0 Å². The van der Waals surface area contributed by atoms with E-state index in [4.69, 9.17) is 0 Å². The van der Waals surface area contributed by atoms with Crippen molar-refractivity contribution in [2.24, 2.45) is 5.92 Å². The fraction of sp³-hybridized carbons (Fsp3) is 0.600. The normalized spacial score (nSPS) is 31.4. The van der Waals surface area contributed by atoms with Crippen LogP contribution in [0.2, 0.25) is 0 Å². The molecule has 0 saturated carbocycles. The van der Waals surface area contributed by atoms with Gasteiger partial charge < -0.3 is 5.11 Å². The zero-order valence-corrected chi connectivity index (χ0v) is 7.30. The second-order valence-corrected chi connectivity index (χ2v) is 3.51. The molecule has 1 aliphatic rings. The van der Waals surface area contributed by atoms with Crippen molar-refractivity contribution in [3.63, 3.8) is 0 Å². The van der Waals surface area contributed by atoms with Crippen LogP contribution in [0.1, 0.15) is 26.7 Å². The lowest BCUT2D eigenvalue weighted by molar-refractivity contribution is 0.120. The van der Waals surface area contributed by atoms with Gasteiger partial charge in [0.15, 0.2) is 0 Å². The molecular weight excluding hydrogens is 136 g/mol. The first kappa shape index (κ1) is 8.54. The second-order valence-electron chi connectivity index (χ2n) is 3.51. The Morgan fingerprint density at radius 3 is 2.82 bits per heavy atom. The smallest absolute Gasteiger partial charge is 0.0645 e. The molecule has 0 unspecified atom stereocenters. The van der Waals surface area contributed by atoms with Crippen molar-refractivity contribution < 1.29 is 5.11 Å². The van der Waals surface area contributed by atoms with Crippen molar-refractivity contribution in [2.75, 3.05) is 0 Å². The molecule has 1 heteroatoms. The maximum absolute atomic E-state index is 9.61. The maximum Gasteiger partial charge on any atom is 0.0645 e. The van der Waals surface area contributed by atoms with Crippen LogP contribution in [-0.4, -0.2) is 11.2 Å². The highest BCUT2D eigenvalue weighted by molar-refractivity contribution is 5.13. The summed E-state index contributed by atoms with van der Waals surface area (Å²) in [5, 5.41) is 9.61. The van der Waals surface area contributed by atoms with E-state index in [0.29, 0.717) is 5.92 Å². The van der Waals surface area contributed by atoms with E-state index in [2.05, 4.69) is 19.6 Å². The molecule has 0 bridgehead atoms. The summed E-state index contributed by atoms with van der Waals surface area (Å²) in [7, 11) is 0. The highest BCUT2D eigenvalue weighted by Gasteiger charge is 2.22. The summed E-state index contributed by atoms with van der Waals surface area (Å²) in [5.74, 6) is 0.290. The minimum absolute atomic E-state index is 0.197. The molecule has 0 amide bonds. The lowest BCUT2D eigenvalue weighted by Gasteiger charge is -2.26. The van der Waals surface area contributed by atoms with Gasteiger partial charge in [-0.25, -0.2) is 0 Å². The predicted octanol–water partition coefficient (Wildman–Crippen LogP) is 2.28. The van der Waals surface area contributed by atoms with E-state index in [-0.39, 0.29) is 6.10 Å². The Labute approximate surface area is 68.4 Å². The lowest BCUT2D eigenvalue weighted by atomic mass is 9.83. The summed E-state index contributed by atoms with van der Waals surface area (Å²) >= 11 is 0. The van der Waals surface area contributed by atoms with Gasteiger partial charge in [-0.05, 0) is 26.7 Å². The fourth-order valence-corrected chi connectivity index (χ4v) is 1.57. The van der Waals surface area contributed by atoms with Gasteiger partial charge in [0.25, 0.3) is 0 Å². The van der Waals surface area contributed by atoms with Gasteiger partial charge in [0.2, 0.25) is 0 Å². The average Bonchev–Trinajstić information content (AvgIpc) is 1.85. The Balaban J connectivity index is 2.65. The molecule has 1 N–H and O–H groups in total. The van der Waals surface area contributed by atoms with E-state index in [1.165, 1.54) is 5.57 Å². The molecule has 0 fully saturated rings. The van der Waals surface area contributed by atoms with Gasteiger partial charge in [0, 0.05) is 5.92 Å². The van der Waals surface area contributed by atoms with Gasteiger partial charge in [-0.1, -0.05) is 23.8 Å². The van der Waals surface area contributed by atoms with E-state index in [1.54, 1.807) is 0 Å². The van der Waals surface area contributed by atoms with Crippen LogP contribution in [0.15, 0.2) is 23.8 Å². The Hall–Kier alpha value is -0.560. The molecule has 0 aromatic rings. The van der Waals surface area contributed by atoms with Gasteiger partial charge in [-0.3, -0.25) is 0 Å². The van der Waals surface area contributed by atoms with E-state index in [0.717, 1.165) is 18.4 Å². The van der Waals surface area contributed by atoms with Crippen LogP contribution < -0.4 is 0 Å². The highest BCUT2D eigenvalue weighted by atomic mass is 16.3. The summed E-state index contributed by atoms with van der Waals surface area (Å²) in [6, 6.07) is 0. The zero-order valence-electron chi connectivity index (χ0n) is 7.30. The molecule has 0 radical (unpaired) electrons. The topological polar surface area (TPSA) is 20.2 Å². The van der Waals surface area contributed by atoms with E-state index >= 15 is 0 Å². The first-order valence-corrected chi connectivity index (χ1v) is 4.10. The first-order chi connectivity index (χ1) is 5.11. The Morgan fingerprint density at radius 1 is 1.73 bits per heavy atom. The van der Waals surface area contributed by atoms with Gasteiger partial charge in [-0.2, -0.15) is 0 Å². The third-order valence-corrected chi connectivity index (χ3v) is 2.35. The molecule has 11 heavy (non-hydrogen) atoms. The number of hydrogen-bond donors (Lipinski definition) is 1. The average molecular weight is 152 g/mol. The molecule has 0 spiro atoms. The monoisotopic (exact) mass is 152 g/mol. The highest BCUT2D eigenvalue weighted by Crippen LogP contribution is 2.28. The van der Waals surface area contributed by atoms with Crippen LogP contribution in [-0.2, 0) is 0 Å². The summed E-state index contributed by atoms with van der Waals surface area (Å²) in [5.41, 5.74) is 2.40. The van der Waals surface area contributed by atoms with E-state index < -0.39 is 0 Å². The van der Waals surface area contributed by atoms with Crippen molar-refractivity contribution in [1.82, 2.24) is 0 Å². The van der Waals surface area contributed by atoms with Gasteiger partial charge in [0.05, 0.1) is 6.10 Å². The number of hydrogen-bond acceptors (Lipinski definition) is 1.